The summed E-state index contributed by atoms with van der Waals surface area (Å²) in [6.45, 7) is 0. The zero-order valence-electron chi connectivity index (χ0n) is 9.95. The zero-order chi connectivity index (χ0) is 13.4. The van der Waals surface area contributed by atoms with Crippen LogP contribution < -0.4 is 4.74 Å². The van der Waals surface area contributed by atoms with Gasteiger partial charge in [0.1, 0.15) is 11.3 Å². The maximum Gasteiger partial charge on any atom is 0.200 e. The number of phenols is 2. The van der Waals surface area contributed by atoms with Crippen LogP contribution in [0.1, 0.15) is 0 Å². The minimum atomic E-state index is -0.300. The fourth-order valence-electron chi connectivity index (χ4n) is 1.80. The van der Waals surface area contributed by atoms with Crippen molar-refractivity contribution in [2.24, 2.45) is 0 Å². The van der Waals surface area contributed by atoms with Crippen molar-refractivity contribution in [3.05, 3.63) is 24.5 Å². The van der Waals surface area contributed by atoms with Crippen LogP contribution in [0.15, 0.2) is 24.5 Å². The Hall–Kier alpha value is -2.83. The number of ether oxygens (including phenoxy) is 1. The molecule has 19 heavy (non-hydrogen) atoms. The molecule has 3 rings (SSSR count). The van der Waals surface area contributed by atoms with Crippen LogP contribution >= 0.6 is 0 Å². The maximum absolute atomic E-state index is 9.65. The molecular weight excluding hydrogens is 248 g/mol. The van der Waals surface area contributed by atoms with Gasteiger partial charge in [-0.25, -0.2) is 4.98 Å². The monoisotopic (exact) mass is 258 g/mol. The summed E-state index contributed by atoms with van der Waals surface area (Å²) in [5.74, 6) is 0.127. The molecule has 0 bridgehead atoms. The highest BCUT2D eigenvalue weighted by Gasteiger charge is 2.13. The Balaban J connectivity index is 2.18. The summed E-state index contributed by atoms with van der Waals surface area (Å²) in [6, 6.07) is 2.98. The van der Waals surface area contributed by atoms with Crippen LogP contribution in [0.4, 0.5) is 0 Å². The number of benzene rings is 1. The van der Waals surface area contributed by atoms with E-state index < -0.39 is 0 Å². The Bertz CT molecular complexity index is 721. The van der Waals surface area contributed by atoms with Crippen molar-refractivity contribution in [1.82, 2.24) is 20.2 Å². The molecule has 2 heterocycles. The van der Waals surface area contributed by atoms with E-state index in [1.54, 1.807) is 12.3 Å². The molecule has 0 aliphatic carbocycles. The van der Waals surface area contributed by atoms with Gasteiger partial charge in [-0.3, -0.25) is 0 Å². The normalized spacial score (nSPS) is 10.8. The number of hydrogen-bond donors (Lipinski definition) is 3. The predicted octanol–water partition coefficient (Wildman–Crippen LogP) is 1.44. The van der Waals surface area contributed by atoms with E-state index in [0.29, 0.717) is 16.9 Å². The highest BCUT2D eigenvalue weighted by Crippen LogP contribution is 2.39. The Kier molecular flexibility index (Phi) is 2.45. The molecule has 7 heteroatoms. The largest absolute Gasteiger partial charge is 0.504 e. The average Bonchev–Trinajstić information content (AvgIpc) is 2.85. The summed E-state index contributed by atoms with van der Waals surface area (Å²) in [5, 5.41) is 26.7. The highest BCUT2D eigenvalue weighted by atomic mass is 16.5. The van der Waals surface area contributed by atoms with E-state index in [1.165, 1.54) is 19.4 Å². The molecule has 0 amide bonds. The Labute approximate surface area is 107 Å². The van der Waals surface area contributed by atoms with Crippen LogP contribution in [0, 0.1) is 0 Å². The van der Waals surface area contributed by atoms with Crippen molar-refractivity contribution in [2.75, 3.05) is 7.11 Å². The molecule has 0 saturated carbocycles. The molecule has 96 valence electrons. The van der Waals surface area contributed by atoms with Gasteiger partial charge in [0.25, 0.3) is 0 Å². The van der Waals surface area contributed by atoms with Crippen molar-refractivity contribution in [3.63, 3.8) is 0 Å². The van der Waals surface area contributed by atoms with E-state index >= 15 is 0 Å². The first kappa shape index (κ1) is 11.3. The lowest BCUT2D eigenvalue weighted by Crippen LogP contribution is -1.87. The average molecular weight is 258 g/mol. The lowest BCUT2D eigenvalue weighted by atomic mass is 10.1. The number of imidazole rings is 1. The first-order valence-corrected chi connectivity index (χ1v) is 5.46. The zero-order valence-corrected chi connectivity index (χ0v) is 9.95. The quantitative estimate of drug-likeness (QED) is 0.601. The summed E-state index contributed by atoms with van der Waals surface area (Å²) in [4.78, 5) is 7.37. The predicted molar refractivity (Wildman–Crippen MR) is 67.0 cm³/mol. The first-order chi connectivity index (χ1) is 9.19. The fraction of sp³-hybridized carbons (Fsp3) is 0.0833. The molecular formula is C12H10N4O3. The molecule has 0 radical (unpaired) electrons. The minimum absolute atomic E-state index is 0.173. The SMILES string of the molecule is COc1cc(-c2nc3cnncc3[nH]2)cc(O)c1O. The lowest BCUT2D eigenvalue weighted by Gasteiger charge is -2.07. The van der Waals surface area contributed by atoms with E-state index in [-0.39, 0.29) is 17.2 Å². The fourth-order valence-corrected chi connectivity index (χ4v) is 1.80. The van der Waals surface area contributed by atoms with Gasteiger partial charge in [0, 0.05) is 5.56 Å². The van der Waals surface area contributed by atoms with Crippen molar-refractivity contribution in [2.45, 2.75) is 0 Å². The van der Waals surface area contributed by atoms with E-state index in [1.807, 2.05) is 0 Å². The van der Waals surface area contributed by atoms with Crippen LogP contribution in [0.2, 0.25) is 0 Å². The summed E-state index contributed by atoms with van der Waals surface area (Å²) in [7, 11) is 1.41. The molecule has 0 aliphatic heterocycles. The van der Waals surface area contributed by atoms with Gasteiger partial charge >= 0.3 is 0 Å². The Morgan fingerprint density at radius 2 is 1.95 bits per heavy atom. The molecule has 0 atom stereocenters. The lowest BCUT2D eigenvalue weighted by molar-refractivity contribution is 0.351. The van der Waals surface area contributed by atoms with Crippen molar-refractivity contribution in [3.8, 4) is 28.6 Å². The number of H-pyrrole nitrogens is 1. The second kappa shape index (κ2) is 4.13. The molecule has 0 spiro atoms. The number of phenolic OH excluding ortho intramolecular Hbond substituents is 2. The molecule has 3 N–H and O–H groups in total. The van der Waals surface area contributed by atoms with E-state index in [0.717, 1.165) is 5.52 Å². The third kappa shape index (κ3) is 1.81. The van der Waals surface area contributed by atoms with Crippen LogP contribution in [-0.4, -0.2) is 37.5 Å². The van der Waals surface area contributed by atoms with Gasteiger partial charge in [0.15, 0.2) is 11.5 Å². The van der Waals surface area contributed by atoms with Gasteiger partial charge in [0.05, 0.1) is 25.0 Å². The summed E-state index contributed by atoms with van der Waals surface area (Å²) in [6.07, 6.45) is 3.09. The number of nitrogens with one attached hydrogen (secondary N) is 1. The van der Waals surface area contributed by atoms with Gasteiger partial charge in [-0.15, -0.1) is 0 Å². The van der Waals surface area contributed by atoms with Gasteiger partial charge in [-0.1, -0.05) is 0 Å². The number of rotatable bonds is 2. The van der Waals surface area contributed by atoms with Crippen LogP contribution in [0.5, 0.6) is 17.2 Å². The molecule has 1 aromatic carbocycles. The second-order valence-electron chi connectivity index (χ2n) is 3.92. The molecule has 0 saturated heterocycles. The number of fused-ring (bicyclic) bond motifs is 1. The summed E-state index contributed by atoms with van der Waals surface area (Å²) < 4.78 is 4.99. The third-order valence-electron chi connectivity index (χ3n) is 2.74. The standard InChI is InChI=1S/C12H10N4O3/c1-19-10-3-6(2-9(17)11(10)18)12-15-7-4-13-14-5-8(7)16-12/h2-5,17-18H,1H3,(H,15,16). The van der Waals surface area contributed by atoms with E-state index in [4.69, 9.17) is 4.74 Å². The van der Waals surface area contributed by atoms with Crippen molar-refractivity contribution >= 4 is 11.0 Å². The van der Waals surface area contributed by atoms with Crippen LogP contribution in [-0.2, 0) is 0 Å². The smallest absolute Gasteiger partial charge is 0.200 e. The first-order valence-electron chi connectivity index (χ1n) is 5.46. The summed E-state index contributed by atoms with van der Waals surface area (Å²) in [5.41, 5.74) is 1.98. The molecule has 3 aromatic rings. The third-order valence-corrected chi connectivity index (χ3v) is 2.74. The molecule has 0 aliphatic rings. The van der Waals surface area contributed by atoms with Crippen LogP contribution in [0.3, 0.4) is 0 Å². The van der Waals surface area contributed by atoms with Crippen molar-refractivity contribution < 1.29 is 14.9 Å². The maximum atomic E-state index is 9.65. The second-order valence-corrected chi connectivity index (χ2v) is 3.92. The van der Waals surface area contributed by atoms with Gasteiger partial charge in [-0.2, -0.15) is 10.2 Å². The Morgan fingerprint density at radius 1 is 1.16 bits per heavy atom. The Morgan fingerprint density at radius 3 is 2.68 bits per heavy atom. The molecule has 2 aromatic heterocycles. The highest BCUT2D eigenvalue weighted by molar-refractivity contribution is 5.78. The van der Waals surface area contributed by atoms with Crippen LogP contribution in [0.25, 0.3) is 22.4 Å². The van der Waals surface area contributed by atoms with E-state index in [9.17, 15) is 10.2 Å². The number of aromatic nitrogens is 4. The van der Waals surface area contributed by atoms with Crippen molar-refractivity contribution in [1.29, 1.82) is 0 Å². The summed E-state index contributed by atoms with van der Waals surface area (Å²) >= 11 is 0. The number of aromatic amines is 1. The molecule has 0 unspecified atom stereocenters. The molecule has 7 nitrogen and oxygen atoms in total. The number of nitrogens with zero attached hydrogens (tertiary/aromatic N) is 3. The number of hydrogen-bond acceptors (Lipinski definition) is 6. The topological polar surface area (TPSA) is 104 Å². The molecule has 0 fully saturated rings. The number of aromatic hydroxyl groups is 2. The minimum Gasteiger partial charge on any atom is -0.504 e. The van der Waals surface area contributed by atoms with E-state index in [2.05, 4.69) is 20.2 Å². The van der Waals surface area contributed by atoms with Gasteiger partial charge in [0.2, 0.25) is 5.75 Å². The number of methoxy groups -OCH3 is 1. The van der Waals surface area contributed by atoms with Gasteiger partial charge in [-0.05, 0) is 12.1 Å². The van der Waals surface area contributed by atoms with Gasteiger partial charge < -0.3 is 19.9 Å².